The Labute approximate surface area is 163 Å². The number of ether oxygens (including phenoxy) is 1. The van der Waals surface area contributed by atoms with Gasteiger partial charge in [-0.2, -0.15) is 0 Å². The lowest BCUT2D eigenvalue weighted by Crippen LogP contribution is -2.27. The highest BCUT2D eigenvalue weighted by atomic mass is 35.5. The summed E-state index contributed by atoms with van der Waals surface area (Å²) < 4.78 is 41.0. The molecule has 148 valence electrons. The fourth-order valence-corrected chi connectivity index (χ4v) is 3.23. The number of amides is 2. The van der Waals surface area contributed by atoms with Crippen molar-refractivity contribution in [2.45, 2.75) is 32.8 Å². The number of pyridine rings is 1. The van der Waals surface area contributed by atoms with Gasteiger partial charge in [0.2, 0.25) is 5.91 Å². The quantitative estimate of drug-likeness (QED) is 0.810. The molecule has 1 N–H and O–H groups in total. The maximum absolute atomic E-state index is 12.8. The molecule has 3 rings (SSSR count). The van der Waals surface area contributed by atoms with E-state index in [4.69, 9.17) is 11.6 Å². The van der Waals surface area contributed by atoms with E-state index in [0.29, 0.717) is 22.5 Å². The Balaban J connectivity index is 1.85. The first kappa shape index (κ1) is 19.9. The van der Waals surface area contributed by atoms with Gasteiger partial charge in [-0.25, -0.2) is 4.98 Å². The van der Waals surface area contributed by atoms with Crippen molar-refractivity contribution >= 4 is 29.2 Å². The molecule has 10 heteroatoms. The van der Waals surface area contributed by atoms with Gasteiger partial charge in [0, 0.05) is 24.2 Å². The summed E-state index contributed by atoms with van der Waals surface area (Å²) in [5.74, 6) is -0.798. The maximum Gasteiger partial charge on any atom is 0.573 e. The molecule has 0 bridgehead atoms. The molecule has 0 saturated carbocycles. The third-order valence-electron chi connectivity index (χ3n) is 4.30. The van der Waals surface area contributed by atoms with Crippen LogP contribution in [-0.4, -0.2) is 28.1 Å². The zero-order valence-electron chi connectivity index (χ0n) is 14.8. The molecule has 1 aromatic carbocycles. The lowest BCUT2D eigenvalue weighted by molar-refractivity contribution is -0.274. The summed E-state index contributed by atoms with van der Waals surface area (Å²) in [6.45, 7) is 3.26. The van der Waals surface area contributed by atoms with Crippen molar-refractivity contribution in [2.24, 2.45) is 0 Å². The molecule has 0 fully saturated rings. The number of alkyl halides is 3. The molecule has 28 heavy (non-hydrogen) atoms. The Hall–Kier alpha value is -2.81. The first-order valence-electron chi connectivity index (χ1n) is 8.18. The molecule has 2 heterocycles. The molecular weight excluding hydrogens is 399 g/mol. The largest absolute Gasteiger partial charge is 0.573 e. The normalized spacial score (nSPS) is 14.6. The number of fused-ring (bicyclic) bond motifs is 1. The topological polar surface area (TPSA) is 71.5 Å². The highest BCUT2D eigenvalue weighted by Crippen LogP contribution is 2.37. The summed E-state index contributed by atoms with van der Waals surface area (Å²) in [4.78, 5) is 29.7. The molecule has 1 aliphatic heterocycles. The van der Waals surface area contributed by atoms with Gasteiger partial charge in [-0.1, -0.05) is 17.7 Å². The number of aromatic nitrogens is 1. The van der Waals surface area contributed by atoms with Crippen LogP contribution in [0.1, 0.15) is 41.4 Å². The predicted octanol–water partition coefficient (Wildman–Crippen LogP) is 4.31. The fraction of sp³-hybridized carbons (Fsp3) is 0.278. The minimum atomic E-state index is -4.85. The molecule has 0 spiro atoms. The summed E-state index contributed by atoms with van der Waals surface area (Å²) in [7, 11) is 0. The molecular formula is C18H15ClF3N3O3. The van der Waals surface area contributed by atoms with E-state index in [2.05, 4.69) is 15.0 Å². The van der Waals surface area contributed by atoms with Gasteiger partial charge in [0.1, 0.15) is 11.6 Å². The van der Waals surface area contributed by atoms with E-state index in [9.17, 15) is 22.8 Å². The number of halogens is 4. The average Bonchev–Trinajstić information content (AvgIpc) is 2.93. The Bertz CT molecular complexity index is 949. The van der Waals surface area contributed by atoms with Crippen LogP contribution in [0, 0.1) is 0 Å². The first-order valence-corrected chi connectivity index (χ1v) is 8.56. The van der Waals surface area contributed by atoms with Gasteiger partial charge in [0.25, 0.3) is 5.91 Å². The average molecular weight is 414 g/mol. The molecule has 1 aliphatic rings. The number of hydrogen-bond donors (Lipinski definition) is 1. The zero-order valence-corrected chi connectivity index (χ0v) is 15.6. The monoisotopic (exact) mass is 413 g/mol. The van der Waals surface area contributed by atoms with Gasteiger partial charge < -0.3 is 15.0 Å². The molecule has 2 amide bonds. The van der Waals surface area contributed by atoms with E-state index in [-0.39, 0.29) is 23.4 Å². The summed E-state index contributed by atoms with van der Waals surface area (Å²) in [5.41, 5.74) is 1.53. The van der Waals surface area contributed by atoms with E-state index < -0.39 is 18.2 Å². The number of nitrogens with one attached hydrogen (secondary N) is 1. The van der Waals surface area contributed by atoms with Crippen LogP contribution in [0.3, 0.4) is 0 Å². The molecule has 6 nitrogen and oxygen atoms in total. The molecule has 1 aromatic heterocycles. The van der Waals surface area contributed by atoms with Crippen molar-refractivity contribution in [2.75, 3.05) is 5.32 Å². The van der Waals surface area contributed by atoms with Crippen molar-refractivity contribution in [3.05, 3.63) is 52.2 Å². The predicted molar refractivity (Wildman–Crippen MR) is 95.0 cm³/mol. The lowest BCUT2D eigenvalue weighted by Gasteiger charge is -2.25. The lowest BCUT2D eigenvalue weighted by atomic mass is 10.1. The minimum absolute atomic E-state index is 0.192. The number of benzene rings is 1. The molecule has 1 unspecified atom stereocenters. The summed E-state index contributed by atoms with van der Waals surface area (Å²) >= 11 is 5.91. The van der Waals surface area contributed by atoms with Crippen LogP contribution in [0.2, 0.25) is 5.02 Å². The van der Waals surface area contributed by atoms with Crippen LogP contribution in [-0.2, 0) is 11.3 Å². The second-order valence-corrected chi connectivity index (χ2v) is 6.62. The number of hydrogen-bond acceptors (Lipinski definition) is 4. The van der Waals surface area contributed by atoms with Crippen LogP contribution in [0.4, 0.5) is 19.0 Å². The summed E-state index contributed by atoms with van der Waals surface area (Å²) in [6, 6.07) is 4.93. The van der Waals surface area contributed by atoms with Gasteiger partial charge >= 0.3 is 6.36 Å². The van der Waals surface area contributed by atoms with Crippen LogP contribution >= 0.6 is 11.6 Å². The van der Waals surface area contributed by atoms with Crippen LogP contribution in [0.25, 0.3) is 0 Å². The van der Waals surface area contributed by atoms with E-state index in [1.807, 2.05) is 0 Å². The third kappa shape index (κ3) is 4.04. The number of carbonyl (C=O) groups is 2. The van der Waals surface area contributed by atoms with Crippen LogP contribution in [0.5, 0.6) is 5.75 Å². The number of rotatable bonds is 4. The van der Waals surface area contributed by atoms with Gasteiger partial charge in [0.15, 0.2) is 0 Å². The molecule has 0 radical (unpaired) electrons. The van der Waals surface area contributed by atoms with E-state index in [1.165, 1.54) is 30.2 Å². The van der Waals surface area contributed by atoms with E-state index in [1.54, 1.807) is 13.0 Å². The van der Waals surface area contributed by atoms with Gasteiger partial charge in [-0.05, 0) is 30.7 Å². The van der Waals surface area contributed by atoms with Crippen molar-refractivity contribution in [3.63, 3.8) is 0 Å². The van der Waals surface area contributed by atoms with Crippen LogP contribution in [0.15, 0.2) is 30.5 Å². The molecule has 2 aromatic rings. The molecule has 1 atom stereocenters. The van der Waals surface area contributed by atoms with Crippen LogP contribution < -0.4 is 10.1 Å². The Morgan fingerprint density at radius 2 is 2.07 bits per heavy atom. The van der Waals surface area contributed by atoms with E-state index in [0.717, 1.165) is 6.07 Å². The van der Waals surface area contributed by atoms with Crippen molar-refractivity contribution < 1.29 is 27.5 Å². The first-order chi connectivity index (χ1) is 13.1. The Kier molecular flexibility index (Phi) is 5.20. The van der Waals surface area contributed by atoms with E-state index >= 15 is 0 Å². The number of nitrogens with zero attached hydrogens (tertiary/aromatic N) is 2. The fourth-order valence-electron chi connectivity index (χ4n) is 3.00. The van der Waals surface area contributed by atoms with Gasteiger partial charge in [-0.3, -0.25) is 9.59 Å². The number of anilines is 1. The van der Waals surface area contributed by atoms with Gasteiger partial charge in [-0.15, -0.1) is 13.2 Å². The zero-order chi connectivity index (χ0) is 20.6. The second-order valence-electron chi connectivity index (χ2n) is 6.21. The maximum atomic E-state index is 12.8. The van der Waals surface area contributed by atoms with Crippen molar-refractivity contribution in [1.29, 1.82) is 0 Å². The highest BCUT2D eigenvalue weighted by molar-refractivity contribution is 6.32. The Morgan fingerprint density at radius 1 is 1.36 bits per heavy atom. The smallest absolute Gasteiger partial charge is 0.404 e. The Morgan fingerprint density at radius 3 is 2.68 bits per heavy atom. The SMILES string of the molecule is CC(=O)Nc1nccc2c1CN(C(C)c1ccc(OC(F)(F)F)c(Cl)c1)C2=O. The summed E-state index contributed by atoms with van der Waals surface area (Å²) in [6.07, 6.45) is -3.42. The third-order valence-corrected chi connectivity index (χ3v) is 4.60. The van der Waals surface area contributed by atoms with Crippen molar-refractivity contribution in [1.82, 2.24) is 9.88 Å². The second kappa shape index (κ2) is 7.31. The number of carbonyl (C=O) groups excluding carboxylic acids is 2. The van der Waals surface area contributed by atoms with Crippen molar-refractivity contribution in [3.8, 4) is 5.75 Å². The summed E-state index contributed by atoms with van der Waals surface area (Å²) in [5, 5.41) is 2.37. The molecule has 0 aliphatic carbocycles. The minimum Gasteiger partial charge on any atom is -0.404 e. The standard InChI is InChI=1S/C18H15ClF3N3O3/c1-9(11-3-4-15(14(19)7-11)28-18(20,21)22)25-8-13-12(17(25)27)5-6-23-16(13)24-10(2)26/h3-7,9H,8H2,1-2H3,(H,23,24,26). The molecule has 0 saturated heterocycles. The highest BCUT2D eigenvalue weighted by Gasteiger charge is 2.35. The van der Waals surface area contributed by atoms with Gasteiger partial charge in [0.05, 0.1) is 17.6 Å².